The van der Waals surface area contributed by atoms with E-state index in [2.05, 4.69) is 156 Å². The number of nitrogen functional groups attached to an aromatic ring is 2. The van der Waals surface area contributed by atoms with Crippen molar-refractivity contribution in [1.82, 2.24) is 15.0 Å². The van der Waals surface area contributed by atoms with Crippen LogP contribution < -0.4 is 22.9 Å². The summed E-state index contributed by atoms with van der Waals surface area (Å²) in [4.78, 5) is 22.9. The Morgan fingerprint density at radius 2 is 1.34 bits per heavy atom. The van der Waals surface area contributed by atoms with E-state index in [9.17, 15) is 4.79 Å². The lowest BCUT2D eigenvalue weighted by Gasteiger charge is -1.97. The molecule has 3 aromatic heterocycles. The Hall–Kier alpha value is 0.250. The Kier molecular flexibility index (Phi) is 29.7. The van der Waals surface area contributed by atoms with Gasteiger partial charge in [0, 0.05) is 39.6 Å². The number of nitrogens with zero attached hydrogens (tertiary/aromatic N) is 3. The average molecular weight is 970 g/mol. The summed E-state index contributed by atoms with van der Waals surface area (Å²) in [5.74, 6) is 1.92. The quantitative estimate of drug-likeness (QED) is 0.144. The van der Waals surface area contributed by atoms with E-state index >= 15 is 0 Å². The number of hydrogen-bond donors (Lipinski definition) is 4. The first-order valence-electron chi connectivity index (χ1n) is 11.9. The van der Waals surface area contributed by atoms with Crippen LogP contribution in [0.15, 0.2) is 18.5 Å². The molecule has 8 nitrogen and oxygen atoms in total. The molecule has 0 saturated heterocycles. The third kappa shape index (κ3) is 24.3. The van der Waals surface area contributed by atoms with Crippen molar-refractivity contribution in [2.24, 2.45) is 17.4 Å². The number of thiocarbonyl (C=S) groups is 1. The molecule has 3 rings (SSSR count). The summed E-state index contributed by atoms with van der Waals surface area (Å²) in [7, 11) is 0. The molecule has 0 aliphatic heterocycles. The van der Waals surface area contributed by atoms with E-state index in [1.54, 1.807) is 11.3 Å². The first kappa shape index (κ1) is 45.7. The molecule has 41 heavy (non-hydrogen) atoms. The molecule has 0 atom stereocenters. The molecule has 3 heterocycles. The van der Waals surface area contributed by atoms with Crippen LogP contribution in [0.3, 0.4) is 0 Å². The van der Waals surface area contributed by atoms with Gasteiger partial charge < -0.3 is 22.9 Å². The van der Waals surface area contributed by atoms with Crippen molar-refractivity contribution in [2.45, 2.75) is 73.1 Å². The first-order chi connectivity index (χ1) is 18.9. The van der Waals surface area contributed by atoms with E-state index in [1.807, 2.05) is 24.7 Å². The number of Topliss-reactive ketones (excluding diaryl/α,β-unsaturated/α-hetero) is 1. The highest BCUT2D eigenvalue weighted by atomic mass is 80.9. The van der Waals surface area contributed by atoms with E-state index in [-0.39, 0.29) is 16.8 Å². The normalized spacial score (nSPS) is 9.68. The molecular formula is C24H40Br5N7OS4. The van der Waals surface area contributed by atoms with Crippen molar-refractivity contribution in [3.8, 4) is 0 Å². The molecule has 0 aliphatic rings. The number of nitrogens with two attached hydrogens (primary N) is 4. The number of anilines is 2. The molecule has 0 amide bonds. The van der Waals surface area contributed by atoms with Gasteiger partial charge in [-0.25, -0.2) is 15.0 Å². The van der Waals surface area contributed by atoms with E-state index in [4.69, 9.17) is 11.5 Å². The van der Waals surface area contributed by atoms with Gasteiger partial charge in [0.2, 0.25) is 0 Å². The molecule has 0 fully saturated rings. The smallest absolute Gasteiger partial charge is 0.181 e. The average Bonchev–Trinajstić information content (AvgIpc) is 3.60. The highest BCUT2D eigenvalue weighted by Gasteiger charge is 2.09. The highest BCUT2D eigenvalue weighted by molar-refractivity contribution is 9.93. The number of thiazole rings is 3. The van der Waals surface area contributed by atoms with Crippen LogP contribution in [-0.2, 0) is 4.79 Å². The van der Waals surface area contributed by atoms with Gasteiger partial charge in [0.05, 0.1) is 35.5 Å². The number of carbonyl (C=O) groups is 1. The van der Waals surface area contributed by atoms with Gasteiger partial charge in [-0.05, 0) is 61.8 Å². The zero-order valence-corrected chi connectivity index (χ0v) is 35.4. The molecule has 0 saturated carbocycles. The molecule has 0 radical (unpaired) electrons. The lowest BCUT2D eigenvalue weighted by atomic mass is 10.1. The summed E-state index contributed by atoms with van der Waals surface area (Å²) in [5, 5.41) is 3.79. The van der Waals surface area contributed by atoms with Crippen molar-refractivity contribution in [2.75, 3.05) is 16.8 Å². The van der Waals surface area contributed by atoms with Crippen molar-refractivity contribution in [3.05, 3.63) is 35.5 Å². The van der Waals surface area contributed by atoms with E-state index in [1.165, 1.54) is 28.4 Å². The predicted molar refractivity (Wildman–Crippen MR) is 205 cm³/mol. The standard InChI is InChI=1S/C6H9BrN2S.C6H8BrNS.C6H10N2S.C5H9BrO.CH4N2S.Br2/c1-3(2)4-5(7)10-6(8)9-4;1-4(2)5-6(7)9-3-8-5;1-4(2)5-3-9-6(7)8-5;1-4(2)5(7)3-6;2-1(3)4;1-2/h3H,1-2H3,(H2,8,9);3-4H,1-2H3;3-4H,1-2H3,(H2,7,8);4H,3H2,1-2H3;(H4,2,3,4);. The van der Waals surface area contributed by atoms with Crippen LogP contribution in [0.5, 0.6) is 0 Å². The number of hydrogen-bond acceptors (Lipinski definition) is 10. The minimum atomic E-state index is 0.000000000000000222. The van der Waals surface area contributed by atoms with Crippen LogP contribution in [0.2, 0.25) is 0 Å². The zero-order chi connectivity index (χ0) is 32.9. The Bertz CT molecular complexity index is 1100. The maximum atomic E-state index is 10.5. The molecule has 0 spiro atoms. The van der Waals surface area contributed by atoms with Gasteiger partial charge in [-0.1, -0.05) is 82.7 Å². The Balaban J connectivity index is -0.000000444. The minimum Gasteiger partial charge on any atom is -0.377 e. The van der Waals surface area contributed by atoms with E-state index < -0.39 is 0 Å². The molecule has 236 valence electrons. The molecule has 0 aromatic carbocycles. The maximum absolute atomic E-state index is 10.5. The number of rotatable bonds is 5. The van der Waals surface area contributed by atoms with Crippen LogP contribution in [-0.4, -0.2) is 31.2 Å². The van der Waals surface area contributed by atoms with Crippen LogP contribution in [0.4, 0.5) is 10.3 Å². The van der Waals surface area contributed by atoms with Gasteiger partial charge in [-0.3, -0.25) is 4.79 Å². The van der Waals surface area contributed by atoms with Crippen LogP contribution in [0, 0.1) is 5.92 Å². The van der Waals surface area contributed by atoms with E-state index in [0.29, 0.717) is 33.3 Å². The van der Waals surface area contributed by atoms with Gasteiger partial charge in [-0.15, -0.1) is 22.7 Å². The second-order valence-corrected chi connectivity index (χ2v) is 15.4. The number of alkyl halides is 1. The molecule has 0 aliphatic carbocycles. The fourth-order valence-electron chi connectivity index (χ4n) is 2.02. The van der Waals surface area contributed by atoms with Crippen LogP contribution in [0.1, 0.15) is 90.2 Å². The van der Waals surface area contributed by atoms with Gasteiger partial charge in [-0.2, -0.15) is 0 Å². The molecule has 0 unspecified atom stereocenters. The largest absolute Gasteiger partial charge is 0.377 e. The third-order valence-electron chi connectivity index (χ3n) is 4.18. The monoisotopic (exact) mass is 965 g/mol. The fourth-order valence-corrected chi connectivity index (χ4v) is 6.63. The number of halogens is 5. The topological polar surface area (TPSA) is 160 Å². The Morgan fingerprint density at radius 3 is 1.49 bits per heavy atom. The summed E-state index contributed by atoms with van der Waals surface area (Å²) >= 11 is 24.1. The van der Waals surface area contributed by atoms with E-state index in [0.717, 1.165) is 19.0 Å². The molecule has 3 aromatic rings. The van der Waals surface area contributed by atoms with Crippen LogP contribution in [0.25, 0.3) is 0 Å². The molecule has 8 N–H and O–H groups in total. The minimum absolute atomic E-state index is 0.000000000000000222. The van der Waals surface area contributed by atoms with Crippen LogP contribution >= 0.6 is 122 Å². The number of carbonyl (C=O) groups excluding carboxylic acids is 1. The summed E-state index contributed by atoms with van der Waals surface area (Å²) in [6.45, 7) is 16.5. The third-order valence-corrected chi connectivity index (χ3v) is 8.60. The zero-order valence-electron chi connectivity index (χ0n) is 24.3. The lowest BCUT2D eigenvalue weighted by Crippen LogP contribution is -2.18. The lowest BCUT2D eigenvalue weighted by molar-refractivity contribution is -0.119. The number of ketones is 1. The fraction of sp³-hybridized carbons (Fsp3) is 0.542. The van der Waals surface area contributed by atoms with Crippen molar-refractivity contribution < 1.29 is 4.79 Å². The summed E-state index contributed by atoms with van der Waals surface area (Å²) in [6, 6.07) is 0. The Labute approximate surface area is 302 Å². The molecular weight excluding hydrogens is 930 g/mol. The van der Waals surface area contributed by atoms with Gasteiger partial charge in [0.15, 0.2) is 15.4 Å². The van der Waals surface area contributed by atoms with Gasteiger partial charge in [0.25, 0.3) is 0 Å². The van der Waals surface area contributed by atoms with Crippen molar-refractivity contribution in [3.63, 3.8) is 0 Å². The van der Waals surface area contributed by atoms with Crippen molar-refractivity contribution >= 4 is 143 Å². The Morgan fingerprint density at radius 1 is 0.854 bits per heavy atom. The number of aromatic nitrogens is 3. The summed E-state index contributed by atoms with van der Waals surface area (Å²) in [5.41, 5.74) is 25.3. The van der Waals surface area contributed by atoms with Crippen molar-refractivity contribution in [1.29, 1.82) is 0 Å². The van der Waals surface area contributed by atoms with Gasteiger partial charge in [0.1, 0.15) is 5.78 Å². The van der Waals surface area contributed by atoms with Gasteiger partial charge >= 0.3 is 0 Å². The first-order valence-corrected chi connectivity index (χ1v) is 21.3. The predicted octanol–water partition coefficient (Wildman–Crippen LogP) is 9.98. The second kappa shape index (κ2) is 26.6. The summed E-state index contributed by atoms with van der Waals surface area (Å²) < 4.78 is 2.22. The highest BCUT2D eigenvalue weighted by Crippen LogP contribution is 2.31. The molecule has 0 bridgehead atoms. The SMILES string of the molecule is BrBr.CC(C)C(=O)CBr.CC(C)c1csc(N)n1.CC(C)c1nc(N)sc1Br.CC(C)c1ncsc1Br.NC(N)=S. The molecule has 17 heteroatoms. The second-order valence-electron chi connectivity index (χ2n) is 8.95. The maximum Gasteiger partial charge on any atom is 0.181 e. The summed E-state index contributed by atoms with van der Waals surface area (Å²) in [6.07, 6.45) is 0.